The maximum Gasteiger partial charge on any atom is 0.336 e. The number of hydrogen-bond donors (Lipinski definition) is 1. The fourth-order valence-electron chi connectivity index (χ4n) is 1.96. The molecule has 0 aliphatic heterocycles. The molecule has 0 aliphatic carbocycles. The monoisotopic (exact) mass is 321 g/mol. The minimum atomic E-state index is -0.474. The van der Waals surface area contributed by atoms with Gasteiger partial charge in [0.15, 0.2) is 0 Å². The van der Waals surface area contributed by atoms with E-state index in [4.69, 9.17) is 9.15 Å². The molecule has 0 aliphatic rings. The molecule has 0 saturated heterocycles. The maximum atomic E-state index is 11.7. The number of nitrogens with zero attached hydrogens (tertiary/aromatic N) is 2. The highest BCUT2D eigenvalue weighted by molar-refractivity contribution is 5.88. The lowest BCUT2D eigenvalue weighted by Crippen LogP contribution is -2.03. The second-order valence-corrected chi connectivity index (χ2v) is 4.96. The molecule has 0 fully saturated rings. The average molecular weight is 321 g/mol. The van der Waals surface area contributed by atoms with Crippen LogP contribution in [0.5, 0.6) is 5.75 Å². The van der Waals surface area contributed by atoms with Gasteiger partial charge in [-0.3, -0.25) is 0 Å². The quantitative estimate of drug-likeness (QED) is 0.438. The molecule has 0 unspecified atom stereocenters. The molecule has 6 nitrogen and oxygen atoms in total. The largest absolute Gasteiger partial charge is 0.465 e. The van der Waals surface area contributed by atoms with Gasteiger partial charge in [-0.15, -0.1) is 0 Å². The Kier molecular flexibility index (Phi) is 4.67. The van der Waals surface area contributed by atoms with Crippen molar-refractivity contribution < 1.29 is 13.9 Å². The first-order valence-corrected chi connectivity index (χ1v) is 7.28. The van der Waals surface area contributed by atoms with Gasteiger partial charge in [0.2, 0.25) is 0 Å². The molecule has 3 aromatic rings. The summed E-state index contributed by atoms with van der Waals surface area (Å²) in [5.41, 5.74) is 1.71. The Labute approximate surface area is 138 Å². The van der Waals surface area contributed by atoms with Gasteiger partial charge in [-0.2, -0.15) is 0 Å². The molecule has 1 N–H and O–H groups in total. The SMILES string of the molecule is Cc1cc(Nc2ccc(OC(=O)/C=C/c3ccco3)cc2)ncn1. The van der Waals surface area contributed by atoms with Crippen molar-refractivity contribution in [3.63, 3.8) is 0 Å². The number of esters is 1. The van der Waals surface area contributed by atoms with Crippen LogP contribution in [0, 0.1) is 6.92 Å². The standard InChI is InChI=1S/C18H15N3O3/c1-13-11-17(20-12-19-13)21-14-4-6-16(7-5-14)24-18(22)9-8-15-3-2-10-23-15/h2-12H,1H3,(H,19,20,21)/b9-8+. The number of benzene rings is 1. The second-order valence-electron chi connectivity index (χ2n) is 4.96. The number of ether oxygens (including phenoxy) is 1. The summed E-state index contributed by atoms with van der Waals surface area (Å²) in [6.07, 6.45) is 5.90. The van der Waals surface area contributed by atoms with Crippen LogP contribution in [0.4, 0.5) is 11.5 Å². The Morgan fingerprint density at radius 2 is 2.04 bits per heavy atom. The number of hydrogen-bond acceptors (Lipinski definition) is 6. The molecule has 120 valence electrons. The van der Waals surface area contributed by atoms with Crippen molar-refractivity contribution in [3.8, 4) is 5.75 Å². The number of anilines is 2. The molecule has 2 heterocycles. The van der Waals surface area contributed by atoms with E-state index in [9.17, 15) is 4.79 Å². The van der Waals surface area contributed by atoms with Gasteiger partial charge in [-0.05, 0) is 49.4 Å². The van der Waals surface area contributed by atoms with Crippen LogP contribution >= 0.6 is 0 Å². The van der Waals surface area contributed by atoms with Crippen LogP contribution in [0.2, 0.25) is 0 Å². The van der Waals surface area contributed by atoms with Crippen molar-refractivity contribution in [3.05, 3.63) is 72.6 Å². The maximum absolute atomic E-state index is 11.7. The third-order valence-corrected chi connectivity index (χ3v) is 3.08. The lowest BCUT2D eigenvalue weighted by Gasteiger charge is -2.07. The highest BCUT2D eigenvalue weighted by Crippen LogP contribution is 2.19. The number of aromatic nitrogens is 2. The second kappa shape index (κ2) is 7.23. The van der Waals surface area contributed by atoms with Gasteiger partial charge in [-0.1, -0.05) is 0 Å². The highest BCUT2D eigenvalue weighted by atomic mass is 16.5. The van der Waals surface area contributed by atoms with Crippen LogP contribution in [-0.2, 0) is 4.79 Å². The van der Waals surface area contributed by atoms with Crippen molar-refractivity contribution in [1.82, 2.24) is 9.97 Å². The van der Waals surface area contributed by atoms with E-state index >= 15 is 0 Å². The fourth-order valence-corrected chi connectivity index (χ4v) is 1.96. The lowest BCUT2D eigenvalue weighted by molar-refractivity contribution is -0.128. The Balaban J connectivity index is 1.59. The summed E-state index contributed by atoms with van der Waals surface area (Å²) in [6, 6.07) is 12.3. The molecule has 2 aromatic heterocycles. The summed E-state index contributed by atoms with van der Waals surface area (Å²) in [6.45, 7) is 1.89. The van der Waals surface area contributed by atoms with Crippen LogP contribution in [0.25, 0.3) is 6.08 Å². The predicted molar refractivity (Wildman–Crippen MR) is 89.9 cm³/mol. The first kappa shape index (κ1) is 15.5. The fraction of sp³-hybridized carbons (Fsp3) is 0.0556. The van der Waals surface area contributed by atoms with Crippen LogP contribution in [0.3, 0.4) is 0 Å². The van der Waals surface area contributed by atoms with Crippen molar-refractivity contribution >= 4 is 23.6 Å². The molecule has 0 amide bonds. The molecule has 0 saturated carbocycles. The van der Waals surface area contributed by atoms with E-state index in [0.717, 1.165) is 11.4 Å². The predicted octanol–water partition coefficient (Wildman–Crippen LogP) is 3.74. The molecule has 6 heteroatoms. The Hall–Kier alpha value is -3.41. The van der Waals surface area contributed by atoms with Crippen LogP contribution in [-0.4, -0.2) is 15.9 Å². The van der Waals surface area contributed by atoms with E-state index in [1.165, 1.54) is 18.7 Å². The topological polar surface area (TPSA) is 77.2 Å². The van der Waals surface area contributed by atoms with Crippen molar-refractivity contribution in [2.45, 2.75) is 6.92 Å². The highest BCUT2D eigenvalue weighted by Gasteiger charge is 2.02. The molecule has 3 rings (SSSR count). The van der Waals surface area contributed by atoms with Crippen LogP contribution in [0.15, 0.2) is 65.5 Å². The molecule has 0 radical (unpaired) electrons. The molecule has 0 spiro atoms. The smallest absolute Gasteiger partial charge is 0.336 e. The van der Waals surface area contributed by atoms with E-state index in [2.05, 4.69) is 15.3 Å². The number of nitrogens with one attached hydrogen (secondary N) is 1. The van der Waals surface area contributed by atoms with Gasteiger partial charge in [0, 0.05) is 23.5 Å². The van der Waals surface area contributed by atoms with Crippen LogP contribution in [0.1, 0.15) is 11.5 Å². The number of carbonyl (C=O) groups is 1. The first-order valence-electron chi connectivity index (χ1n) is 7.28. The van der Waals surface area contributed by atoms with Gasteiger partial charge in [0.1, 0.15) is 23.7 Å². The Morgan fingerprint density at radius 1 is 1.21 bits per heavy atom. The van der Waals surface area contributed by atoms with Gasteiger partial charge >= 0.3 is 5.97 Å². The van der Waals surface area contributed by atoms with E-state index in [0.29, 0.717) is 17.3 Å². The zero-order valence-corrected chi connectivity index (χ0v) is 13.0. The minimum Gasteiger partial charge on any atom is -0.465 e. The third-order valence-electron chi connectivity index (χ3n) is 3.08. The van der Waals surface area contributed by atoms with Crippen molar-refractivity contribution in [1.29, 1.82) is 0 Å². The molecule has 0 bridgehead atoms. The number of rotatable bonds is 5. The van der Waals surface area contributed by atoms with E-state index in [1.54, 1.807) is 42.5 Å². The molecule has 1 aromatic carbocycles. The molecular formula is C18H15N3O3. The molecular weight excluding hydrogens is 306 g/mol. The van der Waals surface area contributed by atoms with Gasteiger partial charge in [0.25, 0.3) is 0 Å². The minimum absolute atomic E-state index is 0.452. The summed E-state index contributed by atoms with van der Waals surface area (Å²) < 4.78 is 10.3. The first-order chi connectivity index (χ1) is 11.7. The Morgan fingerprint density at radius 3 is 2.75 bits per heavy atom. The average Bonchev–Trinajstić information content (AvgIpc) is 3.08. The summed E-state index contributed by atoms with van der Waals surface area (Å²) in [4.78, 5) is 19.9. The summed E-state index contributed by atoms with van der Waals surface area (Å²) >= 11 is 0. The van der Waals surface area contributed by atoms with E-state index in [-0.39, 0.29) is 0 Å². The number of furan rings is 1. The number of aryl methyl sites for hydroxylation is 1. The summed E-state index contributed by atoms with van der Waals surface area (Å²) in [5.74, 6) is 1.27. The van der Waals surface area contributed by atoms with Crippen molar-refractivity contribution in [2.75, 3.05) is 5.32 Å². The molecule has 24 heavy (non-hydrogen) atoms. The van der Waals surface area contributed by atoms with Crippen LogP contribution < -0.4 is 10.1 Å². The summed E-state index contributed by atoms with van der Waals surface area (Å²) in [7, 11) is 0. The van der Waals surface area contributed by atoms with Gasteiger partial charge in [-0.25, -0.2) is 14.8 Å². The van der Waals surface area contributed by atoms with E-state index in [1.807, 2.05) is 13.0 Å². The zero-order valence-electron chi connectivity index (χ0n) is 13.0. The number of carbonyl (C=O) groups excluding carboxylic acids is 1. The van der Waals surface area contributed by atoms with E-state index < -0.39 is 5.97 Å². The normalized spacial score (nSPS) is 10.7. The van der Waals surface area contributed by atoms with Gasteiger partial charge < -0.3 is 14.5 Å². The van der Waals surface area contributed by atoms with Gasteiger partial charge in [0.05, 0.1) is 6.26 Å². The molecule has 0 atom stereocenters. The summed E-state index contributed by atoms with van der Waals surface area (Å²) in [5, 5.41) is 3.15. The lowest BCUT2D eigenvalue weighted by atomic mass is 10.3. The Bertz CT molecular complexity index is 840. The zero-order chi connectivity index (χ0) is 16.8. The van der Waals surface area contributed by atoms with Crippen molar-refractivity contribution in [2.24, 2.45) is 0 Å². The third kappa shape index (κ3) is 4.30.